The van der Waals surface area contributed by atoms with E-state index in [-0.39, 0.29) is 6.03 Å². The van der Waals surface area contributed by atoms with Gasteiger partial charge in [-0.1, -0.05) is 50.2 Å². The largest absolute Gasteiger partial charge is 0.354 e. The number of nitrogens with zero attached hydrogens (tertiary/aromatic N) is 6. The molecule has 0 radical (unpaired) electrons. The first-order chi connectivity index (χ1) is 17.5. The van der Waals surface area contributed by atoms with E-state index in [0.29, 0.717) is 25.6 Å². The molecule has 2 amide bonds. The van der Waals surface area contributed by atoms with E-state index in [4.69, 9.17) is 15.1 Å². The molecule has 5 rings (SSSR count). The smallest absolute Gasteiger partial charge is 0.321 e. The van der Waals surface area contributed by atoms with E-state index in [2.05, 4.69) is 24.1 Å². The number of rotatable bonds is 5. The number of amides is 2. The van der Waals surface area contributed by atoms with Gasteiger partial charge in [0.2, 0.25) is 0 Å². The van der Waals surface area contributed by atoms with Crippen molar-refractivity contribution in [1.82, 2.24) is 24.6 Å². The predicted molar refractivity (Wildman–Crippen MR) is 144 cm³/mol. The first kappa shape index (κ1) is 23.8. The first-order valence-corrected chi connectivity index (χ1v) is 12.7. The Hall–Kier alpha value is -3.94. The van der Waals surface area contributed by atoms with Gasteiger partial charge in [-0.05, 0) is 43.5 Å². The van der Waals surface area contributed by atoms with Crippen LogP contribution in [0, 0.1) is 12.8 Å². The van der Waals surface area contributed by atoms with Crippen molar-refractivity contribution in [3.63, 3.8) is 0 Å². The van der Waals surface area contributed by atoms with Crippen LogP contribution in [0.3, 0.4) is 0 Å². The number of para-hydroxylation sites is 2. The summed E-state index contributed by atoms with van der Waals surface area (Å²) in [7, 11) is 0. The molecule has 1 N–H and O–H groups in total. The molecule has 1 fully saturated rings. The highest BCUT2D eigenvalue weighted by atomic mass is 16.2. The fourth-order valence-corrected chi connectivity index (χ4v) is 4.70. The van der Waals surface area contributed by atoms with Gasteiger partial charge in [0.05, 0.1) is 16.8 Å². The van der Waals surface area contributed by atoms with Crippen LogP contribution in [0.25, 0.3) is 16.7 Å². The molecule has 2 aromatic heterocycles. The molecular formula is C28H33N7O. The summed E-state index contributed by atoms with van der Waals surface area (Å²) in [4.78, 5) is 27.1. The Morgan fingerprint density at radius 1 is 0.944 bits per heavy atom. The fourth-order valence-electron chi connectivity index (χ4n) is 4.70. The van der Waals surface area contributed by atoms with Crippen LogP contribution < -0.4 is 10.2 Å². The van der Waals surface area contributed by atoms with Crippen LogP contribution in [0.15, 0.2) is 60.7 Å². The van der Waals surface area contributed by atoms with E-state index in [9.17, 15) is 4.79 Å². The van der Waals surface area contributed by atoms with Crippen molar-refractivity contribution in [2.45, 2.75) is 33.6 Å². The molecule has 0 atom stereocenters. The second-order valence-electron chi connectivity index (χ2n) is 9.72. The number of urea groups is 1. The Bertz CT molecular complexity index is 1330. The summed E-state index contributed by atoms with van der Waals surface area (Å²) in [6.07, 6.45) is 1.65. The maximum atomic E-state index is 12.9. The van der Waals surface area contributed by atoms with Crippen molar-refractivity contribution in [3.8, 4) is 5.69 Å². The van der Waals surface area contributed by atoms with Crippen LogP contribution in [-0.4, -0.2) is 56.9 Å². The highest BCUT2D eigenvalue weighted by Gasteiger charge is 2.25. The molecule has 1 saturated heterocycles. The summed E-state index contributed by atoms with van der Waals surface area (Å²) in [5, 5.41) is 8.86. The topological polar surface area (TPSA) is 79.2 Å². The fraction of sp³-hybridized carbons (Fsp3) is 0.357. The molecule has 0 bridgehead atoms. The van der Waals surface area contributed by atoms with Crippen LogP contribution in [0.5, 0.6) is 0 Å². The summed E-state index contributed by atoms with van der Waals surface area (Å²) in [6, 6.07) is 19.7. The van der Waals surface area contributed by atoms with Gasteiger partial charge in [-0.3, -0.25) is 0 Å². The lowest BCUT2D eigenvalue weighted by Gasteiger charge is -2.24. The molecule has 4 aromatic rings. The molecule has 1 aliphatic heterocycles. The number of hydrogen-bond donors (Lipinski definition) is 1. The number of nitrogens with one attached hydrogen (secondary N) is 1. The number of hydrogen-bond acceptors (Lipinski definition) is 5. The lowest BCUT2D eigenvalue weighted by atomic mass is 10.1. The Labute approximate surface area is 212 Å². The number of anilines is 2. The monoisotopic (exact) mass is 483 g/mol. The number of aromatic nitrogens is 4. The van der Waals surface area contributed by atoms with Crippen LogP contribution >= 0.6 is 0 Å². The summed E-state index contributed by atoms with van der Waals surface area (Å²) >= 11 is 0. The molecule has 8 nitrogen and oxygen atoms in total. The van der Waals surface area contributed by atoms with E-state index in [1.54, 1.807) is 0 Å². The zero-order valence-electron chi connectivity index (χ0n) is 21.2. The Morgan fingerprint density at radius 2 is 1.67 bits per heavy atom. The zero-order chi connectivity index (χ0) is 25.1. The summed E-state index contributed by atoms with van der Waals surface area (Å²) in [5.74, 6) is 2.18. The number of benzene rings is 2. The van der Waals surface area contributed by atoms with Crippen molar-refractivity contribution >= 4 is 28.6 Å². The average molecular weight is 484 g/mol. The van der Waals surface area contributed by atoms with E-state index < -0.39 is 0 Å². The Morgan fingerprint density at radius 3 is 2.39 bits per heavy atom. The molecule has 0 unspecified atom stereocenters. The van der Waals surface area contributed by atoms with Crippen molar-refractivity contribution in [2.75, 3.05) is 36.4 Å². The number of fused-ring (bicyclic) bond motifs is 1. The van der Waals surface area contributed by atoms with Crippen LogP contribution in [0.2, 0.25) is 0 Å². The van der Waals surface area contributed by atoms with Gasteiger partial charge in [0, 0.05) is 38.3 Å². The molecule has 0 spiro atoms. The molecule has 8 heteroatoms. The first-order valence-electron chi connectivity index (χ1n) is 12.7. The Balaban J connectivity index is 1.46. The summed E-state index contributed by atoms with van der Waals surface area (Å²) in [6.45, 7) is 9.22. The molecule has 1 aliphatic rings. The quantitative estimate of drug-likeness (QED) is 0.429. The van der Waals surface area contributed by atoms with Crippen molar-refractivity contribution in [3.05, 3.63) is 72.2 Å². The van der Waals surface area contributed by atoms with Crippen molar-refractivity contribution in [2.24, 2.45) is 5.92 Å². The van der Waals surface area contributed by atoms with Crippen molar-refractivity contribution < 1.29 is 4.79 Å². The second-order valence-corrected chi connectivity index (χ2v) is 9.72. The maximum Gasteiger partial charge on any atom is 0.321 e. The van der Waals surface area contributed by atoms with Crippen LogP contribution in [0.4, 0.5) is 16.3 Å². The normalized spacial score (nSPS) is 14.3. The zero-order valence-corrected chi connectivity index (χ0v) is 21.2. The lowest BCUT2D eigenvalue weighted by molar-refractivity contribution is 0.215. The van der Waals surface area contributed by atoms with E-state index in [0.717, 1.165) is 59.1 Å². The van der Waals surface area contributed by atoms with Gasteiger partial charge < -0.3 is 15.1 Å². The SMILES string of the molecule is Cc1nn(-c2ccccc2)c2nc(CC(C)C)nc(N3CCCN(C(=O)Nc4ccccc4)CC3)c12. The molecule has 0 aliphatic carbocycles. The predicted octanol–water partition coefficient (Wildman–Crippen LogP) is 5.07. The molecule has 36 heavy (non-hydrogen) atoms. The third-order valence-corrected chi connectivity index (χ3v) is 6.43. The number of aryl methyl sites for hydroxylation is 1. The highest BCUT2D eigenvalue weighted by molar-refractivity contribution is 5.91. The van der Waals surface area contributed by atoms with Gasteiger partial charge in [0.1, 0.15) is 11.6 Å². The maximum absolute atomic E-state index is 12.9. The lowest BCUT2D eigenvalue weighted by Crippen LogP contribution is -2.38. The third-order valence-electron chi connectivity index (χ3n) is 6.43. The minimum atomic E-state index is -0.0653. The Kier molecular flexibility index (Phi) is 6.84. The van der Waals surface area contributed by atoms with Gasteiger partial charge in [-0.25, -0.2) is 19.4 Å². The molecule has 186 valence electrons. The van der Waals surface area contributed by atoms with Gasteiger partial charge in [0.15, 0.2) is 5.65 Å². The van der Waals surface area contributed by atoms with Gasteiger partial charge in [-0.15, -0.1) is 0 Å². The third kappa shape index (κ3) is 5.03. The van der Waals surface area contributed by atoms with Crippen LogP contribution in [0.1, 0.15) is 31.8 Å². The van der Waals surface area contributed by atoms with Gasteiger partial charge in [0.25, 0.3) is 0 Å². The van der Waals surface area contributed by atoms with Crippen LogP contribution in [-0.2, 0) is 6.42 Å². The van der Waals surface area contributed by atoms with Gasteiger partial charge >= 0.3 is 6.03 Å². The molecular weight excluding hydrogens is 450 g/mol. The molecule has 3 heterocycles. The number of carbonyl (C=O) groups is 1. The van der Waals surface area contributed by atoms with E-state index in [1.165, 1.54) is 0 Å². The minimum absolute atomic E-state index is 0.0653. The van der Waals surface area contributed by atoms with Gasteiger partial charge in [-0.2, -0.15) is 5.10 Å². The van der Waals surface area contributed by atoms with Crippen molar-refractivity contribution in [1.29, 1.82) is 0 Å². The molecule has 0 saturated carbocycles. The second kappa shape index (κ2) is 10.4. The standard InChI is InChI=1S/C28H33N7O/c1-20(2)19-24-30-26(25-21(3)32-35(27(25)31-24)23-13-8-5-9-14-23)33-15-10-16-34(18-17-33)28(36)29-22-11-6-4-7-12-22/h4-9,11-14,20H,10,15-19H2,1-3H3,(H,29,36). The average Bonchev–Trinajstić information content (AvgIpc) is 3.04. The van der Waals surface area contributed by atoms with E-state index >= 15 is 0 Å². The summed E-state index contributed by atoms with van der Waals surface area (Å²) in [5.41, 5.74) is 3.53. The summed E-state index contributed by atoms with van der Waals surface area (Å²) < 4.78 is 1.93. The molecule has 2 aromatic carbocycles. The minimum Gasteiger partial charge on any atom is -0.354 e. The number of carbonyl (C=O) groups excluding carboxylic acids is 1. The highest BCUT2D eigenvalue weighted by Crippen LogP contribution is 2.30. The van der Waals surface area contributed by atoms with E-state index in [1.807, 2.05) is 77.2 Å².